The number of thioether (sulfide) groups is 1. The molecular formula is C32H42N2O5S. The molecule has 2 rings (SSSR count). The molecule has 0 aliphatic rings. The zero-order valence-corrected chi connectivity index (χ0v) is 24.0. The van der Waals surface area contributed by atoms with E-state index in [1.54, 1.807) is 23.9 Å². The van der Waals surface area contributed by atoms with Gasteiger partial charge >= 0.3 is 5.97 Å². The van der Waals surface area contributed by atoms with Gasteiger partial charge in [-0.05, 0) is 36.8 Å². The summed E-state index contributed by atoms with van der Waals surface area (Å²) < 4.78 is 5.47. The van der Waals surface area contributed by atoms with Crippen molar-refractivity contribution in [2.45, 2.75) is 56.4 Å². The van der Waals surface area contributed by atoms with Crippen molar-refractivity contribution in [2.75, 3.05) is 19.0 Å². The predicted molar refractivity (Wildman–Crippen MR) is 162 cm³/mol. The molecule has 2 aromatic carbocycles. The van der Waals surface area contributed by atoms with Gasteiger partial charge in [0.25, 0.3) is 0 Å². The molecular weight excluding hydrogens is 524 g/mol. The number of hydrogen-bond acceptors (Lipinski definition) is 6. The Morgan fingerprint density at radius 3 is 2.23 bits per heavy atom. The molecule has 0 radical (unpaired) electrons. The van der Waals surface area contributed by atoms with Gasteiger partial charge in [-0.1, -0.05) is 72.8 Å². The smallest absolute Gasteiger partial charge is 0.305 e. The van der Waals surface area contributed by atoms with Gasteiger partial charge in [-0.15, -0.1) is 13.2 Å². The second-order valence-corrected chi connectivity index (χ2v) is 10.7. The molecule has 0 unspecified atom stereocenters. The summed E-state index contributed by atoms with van der Waals surface area (Å²) in [5.74, 6) is -0.282. The van der Waals surface area contributed by atoms with Crippen molar-refractivity contribution >= 4 is 29.5 Å². The highest BCUT2D eigenvalue weighted by molar-refractivity contribution is 7.98. The van der Waals surface area contributed by atoms with Gasteiger partial charge in [-0.25, -0.2) is 0 Å². The van der Waals surface area contributed by atoms with Crippen molar-refractivity contribution in [3.63, 3.8) is 0 Å². The van der Waals surface area contributed by atoms with Crippen LogP contribution >= 0.6 is 11.8 Å². The van der Waals surface area contributed by atoms with Crippen molar-refractivity contribution in [1.29, 1.82) is 0 Å². The molecule has 0 saturated carbocycles. The van der Waals surface area contributed by atoms with Crippen LogP contribution in [0, 0.1) is 5.92 Å². The normalized spacial score (nSPS) is 12.9. The lowest BCUT2D eigenvalue weighted by atomic mass is 9.98. The van der Waals surface area contributed by atoms with Gasteiger partial charge in [-0.3, -0.25) is 14.4 Å². The highest BCUT2D eigenvalue weighted by Gasteiger charge is 2.25. The molecule has 3 atom stereocenters. The molecule has 7 nitrogen and oxygen atoms in total. The molecule has 0 aliphatic heterocycles. The topological polar surface area (TPSA) is 105 Å². The summed E-state index contributed by atoms with van der Waals surface area (Å²) in [6.45, 7) is 7.25. The Bertz CT molecular complexity index is 1050. The van der Waals surface area contributed by atoms with Crippen molar-refractivity contribution in [3.05, 3.63) is 97.1 Å². The van der Waals surface area contributed by atoms with Crippen LogP contribution in [0.25, 0.3) is 0 Å². The Labute approximate surface area is 242 Å². The van der Waals surface area contributed by atoms with Crippen molar-refractivity contribution in [2.24, 2.45) is 5.92 Å². The zero-order chi connectivity index (χ0) is 29.0. The minimum Gasteiger partial charge on any atom is -0.463 e. The first-order chi connectivity index (χ1) is 19.4. The maximum Gasteiger partial charge on any atom is 0.305 e. The number of nitrogens with one attached hydrogen (secondary N) is 2. The molecule has 3 N–H and O–H groups in total. The van der Waals surface area contributed by atoms with Crippen LogP contribution in [-0.2, 0) is 31.3 Å². The Hall–Kier alpha value is -3.36. The van der Waals surface area contributed by atoms with Gasteiger partial charge in [-0.2, -0.15) is 11.8 Å². The monoisotopic (exact) mass is 566 g/mol. The van der Waals surface area contributed by atoms with E-state index in [0.29, 0.717) is 25.0 Å². The number of aliphatic hydroxyl groups is 1. The van der Waals surface area contributed by atoms with E-state index in [9.17, 15) is 19.5 Å². The third-order valence-electron chi connectivity index (χ3n) is 6.18. The Morgan fingerprint density at radius 1 is 0.925 bits per heavy atom. The number of carbonyl (C=O) groups excluding carboxylic acids is 3. The highest BCUT2D eigenvalue weighted by atomic mass is 32.2. The largest absolute Gasteiger partial charge is 0.463 e. The molecule has 2 aromatic rings. The lowest BCUT2D eigenvalue weighted by Gasteiger charge is -2.23. The lowest BCUT2D eigenvalue weighted by Crippen LogP contribution is -2.45. The van der Waals surface area contributed by atoms with Gasteiger partial charge in [0.1, 0.15) is 6.61 Å². The van der Waals surface area contributed by atoms with Crippen LogP contribution in [0.5, 0.6) is 0 Å². The third kappa shape index (κ3) is 13.6. The number of allylic oxidation sites excluding steroid dienone is 2. The van der Waals surface area contributed by atoms with Gasteiger partial charge in [0.15, 0.2) is 0 Å². The van der Waals surface area contributed by atoms with Gasteiger partial charge in [0.05, 0.1) is 24.6 Å². The number of benzene rings is 2. The Kier molecular flexibility index (Phi) is 16.1. The molecule has 0 aliphatic carbocycles. The van der Waals surface area contributed by atoms with Crippen molar-refractivity contribution < 1.29 is 24.2 Å². The van der Waals surface area contributed by atoms with Gasteiger partial charge in [0, 0.05) is 24.3 Å². The van der Waals surface area contributed by atoms with E-state index in [-0.39, 0.29) is 43.8 Å². The van der Waals surface area contributed by atoms with E-state index < -0.39 is 18.0 Å². The number of hydrogen-bond donors (Lipinski definition) is 3. The maximum absolute atomic E-state index is 13.3. The van der Waals surface area contributed by atoms with Gasteiger partial charge < -0.3 is 20.5 Å². The first-order valence-electron chi connectivity index (χ1n) is 13.7. The molecule has 40 heavy (non-hydrogen) atoms. The number of esters is 1. The van der Waals surface area contributed by atoms with Crippen LogP contribution in [0.3, 0.4) is 0 Å². The van der Waals surface area contributed by atoms with Crippen LogP contribution in [0.1, 0.15) is 43.2 Å². The average molecular weight is 567 g/mol. The molecule has 0 bridgehead atoms. The summed E-state index contributed by atoms with van der Waals surface area (Å²) in [6.07, 6.45) is 5.81. The lowest BCUT2D eigenvalue weighted by molar-refractivity contribution is -0.145. The van der Waals surface area contributed by atoms with E-state index in [4.69, 9.17) is 4.74 Å². The summed E-state index contributed by atoms with van der Waals surface area (Å²) in [7, 11) is 0. The molecule has 2 amide bonds. The molecule has 216 valence electrons. The number of aliphatic hydroxyl groups excluding tert-OH is 1. The first kappa shape index (κ1) is 32.8. The van der Waals surface area contributed by atoms with Crippen LogP contribution in [0.2, 0.25) is 0 Å². The average Bonchev–Trinajstić information content (AvgIpc) is 2.96. The molecule has 0 fully saturated rings. The van der Waals surface area contributed by atoms with E-state index in [1.165, 1.54) is 0 Å². The summed E-state index contributed by atoms with van der Waals surface area (Å²) in [5, 5.41) is 15.6. The predicted octanol–water partition coefficient (Wildman–Crippen LogP) is 4.61. The summed E-state index contributed by atoms with van der Waals surface area (Å²) >= 11 is 1.63. The number of carbonyl (C=O) groups is 3. The van der Waals surface area contributed by atoms with Crippen molar-refractivity contribution in [3.8, 4) is 0 Å². The molecule has 0 saturated heterocycles. The second kappa shape index (κ2) is 19.7. The summed E-state index contributed by atoms with van der Waals surface area (Å²) in [6, 6.07) is 18.7. The second-order valence-electron chi connectivity index (χ2n) is 9.63. The maximum atomic E-state index is 13.3. The number of ether oxygens (including phenoxy) is 1. The molecule has 0 heterocycles. The minimum atomic E-state index is -0.640. The zero-order valence-electron chi connectivity index (χ0n) is 23.1. The van der Waals surface area contributed by atoms with Crippen LogP contribution in [-0.4, -0.2) is 53.9 Å². The molecule has 0 aromatic heterocycles. The molecule has 8 heteroatoms. The first-order valence-corrected chi connectivity index (χ1v) is 14.8. The van der Waals surface area contributed by atoms with E-state index in [0.717, 1.165) is 23.3 Å². The minimum absolute atomic E-state index is 0.0473. The molecule has 0 spiro atoms. The van der Waals surface area contributed by atoms with Crippen LogP contribution in [0.15, 0.2) is 86.0 Å². The van der Waals surface area contributed by atoms with Crippen LogP contribution < -0.4 is 10.6 Å². The van der Waals surface area contributed by atoms with Crippen molar-refractivity contribution in [1.82, 2.24) is 10.6 Å². The summed E-state index contributed by atoms with van der Waals surface area (Å²) in [4.78, 5) is 38.3. The summed E-state index contributed by atoms with van der Waals surface area (Å²) in [5.41, 5.74) is 2.16. The fourth-order valence-corrected chi connectivity index (χ4v) is 5.06. The highest BCUT2D eigenvalue weighted by Crippen LogP contribution is 2.16. The SMILES string of the molecule is C=CCCCC(=O)OC[C@H](CSCc1ccccc1)NC(=O)[C@H](CC=C)CC(=O)N[C@@H](CO)Cc1ccccc1. The van der Waals surface area contributed by atoms with Crippen LogP contribution in [0.4, 0.5) is 0 Å². The Morgan fingerprint density at radius 2 is 1.60 bits per heavy atom. The van der Waals surface area contributed by atoms with Gasteiger partial charge in [0.2, 0.25) is 11.8 Å². The number of amides is 2. The fraction of sp³-hybridized carbons (Fsp3) is 0.406. The quantitative estimate of drug-likeness (QED) is 0.123. The third-order valence-corrected chi connectivity index (χ3v) is 7.35. The van der Waals surface area contributed by atoms with E-state index in [2.05, 4.69) is 23.8 Å². The standard InChI is InChI=1S/C32H42N2O5S/c1-3-5-8-18-31(37)39-22-29(24-40-23-26-16-11-7-12-17-26)34-32(38)27(13-4-2)20-30(36)33-28(21-35)19-25-14-9-6-10-15-25/h3-4,6-7,9-12,14-17,27-29,35H,1-2,5,8,13,18-24H2,(H,33,36)(H,34,38)/t27-,28-,29-/m1/s1. The fourth-order valence-electron chi connectivity index (χ4n) is 4.05. The number of unbranched alkanes of at least 4 members (excludes halogenated alkanes) is 1. The van der Waals surface area contributed by atoms with E-state index in [1.807, 2.05) is 60.7 Å². The number of rotatable bonds is 20. The van der Waals surface area contributed by atoms with E-state index >= 15 is 0 Å². The Balaban J connectivity index is 1.97.